The summed E-state index contributed by atoms with van der Waals surface area (Å²) < 4.78 is 5.32. The maximum Gasteiger partial charge on any atom is 0.221 e. The molecule has 2 aromatic carbocycles. The molecule has 1 aromatic heterocycles. The number of hydrogen-bond acceptors (Lipinski definition) is 3. The van der Waals surface area contributed by atoms with E-state index >= 15 is 0 Å². The number of rotatable bonds is 4. The molecule has 0 amide bonds. The molecule has 0 fully saturated rings. The van der Waals surface area contributed by atoms with Gasteiger partial charge in [0.15, 0.2) is 5.78 Å². The number of benzene rings is 2. The number of pyridine rings is 1. The van der Waals surface area contributed by atoms with Gasteiger partial charge in [0, 0.05) is 21.5 Å². The minimum atomic E-state index is -0.100. The molecule has 0 aliphatic carbocycles. The second kappa shape index (κ2) is 6.63. The van der Waals surface area contributed by atoms with Crippen molar-refractivity contribution in [2.45, 2.75) is 0 Å². The Kier molecular flexibility index (Phi) is 4.40. The van der Waals surface area contributed by atoms with E-state index in [9.17, 15) is 4.79 Å². The van der Waals surface area contributed by atoms with Crippen LogP contribution in [0.2, 0.25) is 5.02 Å². The minimum absolute atomic E-state index is 0.100. The van der Waals surface area contributed by atoms with Gasteiger partial charge in [0.25, 0.3) is 0 Å². The zero-order chi connectivity index (χ0) is 16.2. The third-order valence-corrected chi connectivity index (χ3v) is 3.71. The number of hydrogen-bond donors (Lipinski definition) is 0. The topological polar surface area (TPSA) is 39.2 Å². The summed E-state index contributed by atoms with van der Waals surface area (Å²) in [5, 5.41) is 1.60. The molecule has 3 nitrogen and oxygen atoms in total. The van der Waals surface area contributed by atoms with Crippen molar-refractivity contribution in [2.75, 3.05) is 7.11 Å². The SMILES string of the molecule is COc1nc2ccccc2cc1C=CC(=O)c1ccc(Cl)cc1. The highest BCUT2D eigenvalue weighted by molar-refractivity contribution is 6.30. The number of fused-ring (bicyclic) bond motifs is 1. The van der Waals surface area contributed by atoms with E-state index in [4.69, 9.17) is 16.3 Å². The molecule has 0 saturated carbocycles. The predicted octanol–water partition coefficient (Wildman–Crippen LogP) is 4.79. The monoisotopic (exact) mass is 323 g/mol. The van der Waals surface area contributed by atoms with Crippen molar-refractivity contribution in [3.63, 3.8) is 0 Å². The Balaban J connectivity index is 1.93. The highest BCUT2D eigenvalue weighted by Gasteiger charge is 2.06. The van der Waals surface area contributed by atoms with Gasteiger partial charge in [-0.05, 0) is 48.6 Å². The number of para-hydroxylation sites is 1. The molecule has 23 heavy (non-hydrogen) atoms. The first-order valence-corrected chi connectivity index (χ1v) is 7.47. The first-order chi connectivity index (χ1) is 11.2. The van der Waals surface area contributed by atoms with Crippen LogP contribution >= 0.6 is 11.6 Å². The Morgan fingerprint density at radius 1 is 1.13 bits per heavy atom. The number of ether oxygens (including phenoxy) is 1. The van der Waals surface area contributed by atoms with Crippen molar-refractivity contribution in [3.05, 3.63) is 76.8 Å². The molecule has 0 bridgehead atoms. The second-order valence-corrected chi connectivity index (χ2v) is 5.42. The highest BCUT2D eigenvalue weighted by Crippen LogP contribution is 2.23. The van der Waals surface area contributed by atoms with E-state index in [0.29, 0.717) is 16.5 Å². The predicted molar refractivity (Wildman–Crippen MR) is 93.1 cm³/mol. The van der Waals surface area contributed by atoms with Crippen LogP contribution in [0.1, 0.15) is 15.9 Å². The first kappa shape index (κ1) is 15.3. The van der Waals surface area contributed by atoms with Gasteiger partial charge in [-0.2, -0.15) is 0 Å². The fraction of sp³-hybridized carbons (Fsp3) is 0.0526. The smallest absolute Gasteiger partial charge is 0.221 e. The molecular formula is C19H14ClNO2. The van der Waals surface area contributed by atoms with Crippen LogP contribution in [-0.2, 0) is 0 Å². The second-order valence-electron chi connectivity index (χ2n) is 4.98. The van der Waals surface area contributed by atoms with Gasteiger partial charge in [-0.1, -0.05) is 29.8 Å². The van der Waals surface area contributed by atoms with Gasteiger partial charge in [0.05, 0.1) is 12.6 Å². The fourth-order valence-corrected chi connectivity index (χ4v) is 2.40. The van der Waals surface area contributed by atoms with E-state index in [-0.39, 0.29) is 5.78 Å². The largest absolute Gasteiger partial charge is 0.481 e. The van der Waals surface area contributed by atoms with E-state index in [2.05, 4.69) is 4.98 Å². The average Bonchev–Trinajstić information content (AvgIpc) is 2.59. The molecule has 0 atom stereocenters. The van der Waals surface area contributed by atoms with Gasteiger partial charge in [-0.3, -0.25) is 4.79 Å². The van der Waals surface area contributed by atoms with Crippen molar-refractivity contribution in [1.29, 1.82) is 0 Å². The molecule has 0 radical (unpaired) electrons. The molecule has 0 unspecified atom stereocenters. The van der Waals surface area contributed by atoms with Crippen molar-refractivity contribution in [2.24, 2.45) is 0 Å². The van der Waals surface area contributed by atoms with Crippen molar-refractivity contribution in [1.82, 2.24) is 4.98 Å². The van der Waals surface area contributed by atoms with Gasteiger partial charge in [0.2, 0.25) is 5.88 Å². The Bertz CT molecular complexity index is 886. The lowest BCUT2D eigenvalue weighted by Gasteiger charge is -2.06. The standard InChI is InChI=1S/C19H14ClNO2/c1-23-19-15(12-14-4-2-3-5-17(14)21-19)8-11-18(22)13-6-9-16(20)10-7-13/h2-12H,1H3. The van der Waals surface area contributed by atoms with Gasteiger partial charge in [-0.25, -0.2) is 4.98 Å². The molecule has 3 rings (SSSR count). The lowest BCUT2D eigenvalue weighted by Crippen LogP contribution is -1.95. The summed E-state index contributed by atoms with van der Waals surface area (Å²) in [4.78, 5) is 16.7. The maximum atomic E-state index is 12.2. The Morgan fingerprint density at radius 2 is 1.87 bits per heavy atom. The van der Waals surface area contributed by atoms with E-state index in [1.54, 1.807) is 37.5 Å². The van der Waals surface area contributed by atoms with E-state index < -0.39 is 0 Å². The number of allylic oxidation sites excluding steroid dienone is 1. The van der Waals surface area contributed by atoms with Crippen molar-refractivity contribution in [3.8, 4) is 5.88 Å². The van der Waals surface area contributed by atoms with Crippen LogP contribution in [0.15, 0.2) is 60.7 Å². The highest BCUT2D eigenvalue weighted by atomic mass is 35.5. The van der Waals surface area contributed by atoms with E-state index in [1.165, 1.54) is 6.08 Å². The van der Waals surface area contributed by atoms with Gasteiger partial charge in [-0.15, -0.1) is 0 Å². The molecule has 0 aliphatic rings. The molecule has 4 heteroatoms. The van der Waals surface area contributed by atoms with Crippen LogP contribution in [-0.4, -0.2) is 17.9 Å². The Labute approximate surface area is 139 Å². The minimum Gasteiger partial charge on any atom is -0.481 e. The normalized spacial score (nSPS) is 11.0. The van der Waals surface area contributed by atoms with Gasteiger partial charge < -0.3 is 4.74 Å². The zero-order valence-electron chi connectivity index (χ0n) is 12.5. The molecule has 114 valence electrons. The van der Waals surface area contributed by atoms with Gasteiger partial charge >= 0.3 is 0 Å². The molecule has 3 aromatic rings. The molecule has 0 N–H and O–H groups in total. The van der Waals surface area contributed by atoms with Crippen LogP contribution < -0.4 is 4.74 Å². The summed E-state index contributed by atoms with van der Waals surface area (Å²) >= 11 is 5.83. The quantitative estimate of drug-likeness (QED) is 0.511. The van der Waals surface area contributed by atoms with E-state index in [1.807, 2.05) is 30.3 Å². The van der Waals surface area contributed by atoms with Crippen LogP contribution in [0.4, 0.5) is 0 Å². The van der Waals surface area contributed by atoms with Gasteiger partial charge in [0.1, 0.15) is 0 Å². The average molecular weight is 324 g/mol. The molecule has 0 aliphatic heterocycles. The number of nitrogens with zero attached hydrogens (tertiary/aromatic N) is 1. The van der Waals surface area contributed by atoms with Crippen LogP contribution in [0, 0.1) is 0 Å². The van der Waals surface area contributed by atoms with E-state index in [0.717, 1.165) is 16.5 Å². The lowest BCUT2D eigenvalue weighted by atomic mass is 10.1. The van der Waals surface area contributed by atoms with Crippen LogP contribution in [0.25, 0.3) is 17.0 Å². The maximum absolute atomic E-state index is 12.2. The number of carbonyl (C=O) groups is 1. The Morgan fingerprint density at radius 3 is 2.61 bits per heavy atom. The Hall–Kier alpha value is -2.65. The summed E-state index contributed by atoms with van der Waals surface area (Å²) in [5.41, 5.74) is 2.19. The summed E-state index contributed by atoms with van der Waals surface area (Å²) in [7, 11) is 1.56. The molecule has 0 spiro atoms. The number of halogens is 1. The van der Waals surface area contributed by atoms with Crippen molar-refractivity contribution < 1.29 is 9.53 Å². The third-order valence-electron chi connectivity index (χ3n) is 3.45. The summed E-state index contributed by atoms with van der Waals surface area (Å²) in [6, 6.07) is 16.5. The summed E-state index contributed by atoms with van der Waals surface area (Å²) in [6.45, 7) is 0. The molecule has 0 saturated heterocycles. The molecular weight excluding hydrogens is 310 g/mol. The van der Waals surface area contributed by atoms with Crippen LogP contribution in [0.5, 0.6) is 5.88 Å². The number of carbonyl (C=O) groups excluding carboxylic acids is 1. The first-order valence-electron chi connectivity index (χ1n) is 7.09. The van der Waals surface area contributed by atoms with Crippen molar-refractivity contribution >= 4 is 34.4 Å². The zero-order valence-corrected chi connectivity index (χ0v) is 13.2. The number of methoxy groups -OCH3 is 1. The number of aromatic nitrogens is 1. The van der Waals surface area contributed by atoms with Crippen LogP contribution in [0.3, 0.4) is 0 Å². The molecule has 1 heterocycles. The number of ketones is 1. The summed E-state index contributed by atoms with van der Waals surface area (Å²) in [6.07, 6.45) is 3.23. The fourth-order valence-electron chi connectivity index (χ4n) is 2.27. The summed E-state index contributed by atoms with van der Waals surface area (Å²) in [5.74, 6) is 0.390. The lowest BCUT2D eigenvalue weighted by molar-refractivity contribution is 0.104. The third kappa shape index (κ3) is 3.41.